The van der Waals surface area contributed by atoms with E-state index in [2.05, 4.69) is 0 Å². The van der Waals surface area contributed by atoms with Crippen LogP contribution in [0.25, 0.3) is 0 Å². The van der Waals surface area contributed by atoms with Crippen LogP contribution in [0.4, 0.5) is 4.79 Å². The number of carbonyl (C=O) groups is 5. The number of hydrogen-bond donors (Lipinski definition) is 0. The van der Waals surface area contributed by atoms with Crippen LogP contribution in [0.2, 0.25) is 0 Å². The second-order valence-electron chi connectivity index (χ2n) is 6.86. The summed E-state index contributed by atoms with van der Waals surface area (Å²) >= 11 is 0. The van der Waals surface area contributed by atoms with Gasteiger partial charge in [-0.15, -0.1) is 0 Å². The Kier molecular flexibility index (Phi) is 10.1. The minimum atomic E-state index is -0.829. The summed E-state index contributed by atoms with van der Waals surface area (Å²) in [5.41, 5.74) is 0.544. The number of hydrogen-bond acceptors (Lipinski definition) is 9. The first-order valence-electron chi connectivity index (χ1n) is 10.8. The van der Waals surface area contributed by atoms with E-state index in [0.717, 1.165) is 4.90 Å². The molecular formula is C23H28N2O9. The molecule has 0 bridgehead atoms. The monoisotopic (exact) mass is 476 g/mol. The Morgan fingerprint density at radius 2 is 1.38 bits per heavy atom. The molecule has 0 aromatic heterocycles. The van der Waals surface area contributed by atoms with Gasteiger partial charge in [-0.25, -0.2) is 14.5 Å². The van der Waals surface area contributed by atoms with Gasteiger partial charge in [-0.2, -0.15) is 0 Å². The molecule has 1 aliphatic heterocycles. The molecule has 1 heterocycles. The van der Waals surface area contributed by atoms with Crippen LogP contribution >= 0.6 is 0 Å². The lowest BCUT2D eigenvalue weighted by atomic mass is 10.1. The van der Waals surface area contributed by atoms with Crippen molar-refractivity contribution in [2.45, 2.75) is 27.2 Å². The highest BCUT2D eigenvalue weighted by molar-refractivity contribution is 6.13. The zero-order valence-corrected chi connectivity index (χ0v) is 19.4. The fourth-order valence-corrected chi connectivity index (χ4v) is 3.11. The predicted molar refractivity (Wildman–Crippen MR) is 117 cm³/mol. The number of urea groups is 1. The van der Waals surface area contributed by atoms with Crippen molar-refractivity contribution in [2.24, 2.45) is 0 Å². The normalized spacial score (nSPS) is 14.4. The molecule has 2 rings (SSSR count). The molecule has 1 aromatic carbocycles. The molecule has 1 aromatic rings. The topological polar surface area (TPSA) is 129 Å². The van der Waals surface area contributed by atoms with Gasteiger partial charge < -0.3 is 18.9 Å². The van der Waals surface area contributed by atoms with Gasteiger partial charge in [-0.3, -0.25) is 19.3 Å². The Labute approximate surface area is 197 Å². The van der Waals surface area contributed by atoms with Crippen molar-refractivity contribution in [3.63, 3.8) is 0 Å². The van der Waals surface area contributed by atoms with Crippen molar-refractivity contribution >= 4 is 29.8 Å². The number of para-hydroxylation sites is 1. The highest BCUT2D eigenvalue weighted by atomic mass is 16.6. The van der Waals surface area contributed by atoms with Crippen LogP contribution in [-0.2, 0) is 39.8 Å². The summed E-state index contributed by atoms with van der Waals surface area (Å²) in [4.78, 5) is 62.9. The van der Waals surface area contributed by atoms with Gasteiger partial charge in [0.1, 0.15) is 24.5 Å². The number of nitrogens with zero attached hydrogens (tertiary/aromatic N) is 2. The quantitative estimate of drug-likeness (QED) is 0.190. The van der Waals surface area contributed by atoms with E-state index in [1.807, 2.05) is 0 Å². The van der Waals surface area contributed by atoms with Crippen LogP contribution in [-0.4, -0.2) is 79.2 Å². The molecule has 184 valence electrons. The van der Waals surface area contributed by atoms with Crippen molar-refractivity contribution < 1.29 is 42.9 Å². The fourth-order valence-electron chi connectivity index (χ4n) is 3.11. The maximum absolute atomic E-state index is 12.9. The number of esters is 3. The van der Waals surface area contributed by atoms with Gasteiger partial charge in [0.05, 0.1) is 19.8 Å². The summed E-state index contributed by atoms with van der Waals surface area (Å²) in [5.74, 6) is -2.33. The molecule has 1 aliphatic rings. The Bertz CT molecular complexity index is 958. The summed E-state index contributed by atoms with van der Waals surface area (Å²) in [5, 5.41) is 0. The Balaban J connectivity index is 2.27. The van der Waals surface area contributed by atoms with Gasteiger partial charge in [0.25, 0.3) is 5.91 Å². The molecular weight excluding hydrogens is 448 g/mol. The van der Waals surface area contributed by atoms with Crippen LogP contribution in [0.15, 0.2) is 36.0 Å². The number of ether oxygens (including phenoxy) is 4. The molecule has 0 atom stereocenters. The Morgan fingerprint density at radius 1 is 0.824 bits per heavy atom. The van der Waals surface area contributed by atoms with Crippen LogP contribution in [0.1, 0.15) is 26.3 Å². The minimum Gasteiger partial charge on any atom is -0.482 e. The van der Waals surface area contributed by atoms with Crippen LogP contribution in [0.3, 0.4) is 0 Å². The number of rotatable bonds is 12. The summed E-state index contributed by atoms with van der Waals surface area (Å²) in [6.45, 7) is 3.96. The maximum atomic E-state index is 12.9. The van der Waals surface area contributed by atoms with Crippen LogP contribution in [0, 0.1) is 0 Å². The van der Waals surface area contributed by atoms with Gasteiger partial charge in [0.15, 0.2) is 6.61 Å². The zero-order chi connectivity index (χ0) is 25.1. The van der Waals surface area contributed by atoms with E-state index in [0.29, 0.717) is 16.2 Å². The number of imide groups is 1. The Morgan fingerprint density at radius 3 is 2.00 bits per heavy atom. The van der Waals surface area contributed by atoms with E-state index < -0.39 is 42.9 Å². The molecule has 3 amide bonds. The predicted octanol–water partition coefficient (Wildman–Crippen LogP) is 1.45. The molecule has 0 spiro atoms. The molecule has 34 heavy (non-hydrogen) atoms. The molecule has 0 unspecified atom stereocenters. The van der Waals surface area contributed by atoms with Crippen molar-refractivity contribution in [1.29, 1.82) is 0 Å². The second-order valence-corrected chi connectivity index (χ2v) is 6.86. The molecule has 11 nitrogen and oxygen atoms in total. The third-order valence-electron chi connectivity index (χ3n) is 4.54. The van der Waals surface area contributed by atoms with Crippen molar-refractivity contribution in [1.82, 2.24) is 9.80 Å². The number of carbonyl (C=O) groups excluding carboxylic acids is 5. The van der Waals surface area contributed by atoms with E-state index in [1.165, 1.54) is 6.08 Å². The van der Waals surface area contributed by atoms with Gasteiger partial charge in [-0.1, -0.05) is 24.3 Å². The lowest BCUT2D eigenvalue weighted by Crippen LogP contribution is -2.39. The zero-order valence-electron chi connectivity index (χ0n) is 19.4. The smallest absolute Gasteiger partial charge is 0.344 e. The van der Waals surface area contributed by atoms with Crippen molar-refractivity contribution in [3.05, 3.63) is 41.6 Å². The van der Waals surface area contributed by atoms with Gasteiger partial charge in [0, 0.05) is 0 Å². The summed E-state index contributed by atoms with van der Waals surface area (Å²) in [6, 6.07) is 6.01. The van der Waals surface area contributed by atoms with Gasteiger partial charge in [-0.05, 0) is 38.8 Å². The minimum absolute atomic E-state index is 0.0810. The van der Waals surface area contributed by atoms with Crippen LogP contribution < -0.4 is 4.74 Å². The first kappa shape index (κ1) is 26.4. The Hall–Kier alpha value is -3.89. The lowest BCUT2D eigenvalue weighted by molar-refractivity contribution is -0.146. The third-order valence-corrected chi connectivity index (χ3v) is 4.54. The van der Waals surface area contributed by atoms with Crippen molar-refractivity contribution in [3.8, 4) is 5.75 Å². The highest BCUT2D eigenvalue weighted by Gasteiger charge is 2.43. The summed E-state index contributed by atoms with van der Waals surface area (Å²) < 4.78 is 20.1. The standard InChI is InChI=1S/C23H28N2O9/c1-4-31-19(26)13-24-17(22(29)25(23(24)30)14-20(27)32-5-2)12-11-16-9-7-8-10-18(16)34-15-21(28)33-6-3/h7-10,12H,4-6,11,13-15H2,1-3H3/b17-12-. The molecule has 1 saturated heterocycles. The molecule has 0 saturated carbocycles. The van der Waals surface area contributed by atoms with E-state index in [9.17, 15) is 24.0 Å². The highest BCUT2D eigenvalue weighted by Crippen LogP contribution is 2.24. The molecule has 0 aliphatic carbocycles. The largest absolute Gasteiger partial charge is 0.482 e. The average Bonchev–Trinajstić information content (AvgIpc) is 3.01. The van der Waals surface area contributed by atoms with E-state index in [4.69, 9.17) is 18.9 Å². The molecule has 11 heteroatoms. The van der Waals surface area contributed by atoms with E-state index >= 15 is 0 Å². The van der Waals surface area contributed by atoms with Gasteiger partial charge in [0.2, 0.25) is 0 Å². The van der Waals surface area contributed by atoms with Gasteiger partial charge >= 0.3 is 23.9 Å². The number of allylic oxidation sites excluding steroid dienone is 1. The van der Waals surface area contributed by atoms with E-state index in [-0.39, 0.29) is 38.5 Å². The molecule has 1 fully saturated rings. The number of amides is 3. The first-order valence-corrected chi connectivity index (χ1v) is 10.8. The fraction of sp³-hybridized carbons (Fsp3) is 0.435. The maximum Gasteiger partial charge on any atom is 0.344 e. The summed E-state index contributed by atoms with van der Waals surface area (Å²) in [7, 11) is 0. The molecule has 0 N–H and O–H groups in total. The van der Waals surface area contributed by atoms with E-state index in [1.54, 1.807) is 45.0 Å². The third kappa shape index (κ3) is 7.06. The number of benzene rings is 1. The van der Waals surface area contributed by atoms with Crippen molar-refractivity contribution in [2.75, 3.05) is 39.5 Å². The molecule has 0 radical (unpaired) electrons. The lowest BCUT2D eigenvalue weighted by Gasteiger charge is -2.16. The van der Waals surface area contributed by atoms with Crippen LogP contribution in [0.5, 0.6) is 5.75 Å². The average molecular weight is 476 g/mol. The SMILES string of the molecule is CCOC(=O)COc1ccccc1C/C=C1/C(=O)N(CC(=O)OCC)C(=O)N1CC(=O)OCC. The first-order chi connectivity index (χ1) is 16.3. The summed E-state index contributed by atoms with van der Waals surface area (Å²) in [6.07, 6.45) is 1.59. The second kappa shape index (κ2) is 13.0.